The number of anilines is 1. The Kier molecular flexibility index (Phi) is 4.17. The van der Waals surface area contributed by atoms with Gasteiger partial charge < -0.3 is 5.32 Å². The van der Waals surface area contributed by atoms with Crippen molar-refractivity contribution in [3.8, 4) is 5.69 Å². The molecule has 3 aromatic rings. The molecule has 0 fully saturated rings. The first kappa shape index (κ1) is 14.0. The third-order valence-corrected chi connectivity index (χ3v) is 4.19. The number of benzene rings is 2. The highest BCUT2D eigenvalue weighted by atomic mass is 79.9. The van der Waals surface area contributed by atoms with Crippen molar-refractivity contribution < 1.29 is 0 Å². The van der Waals surface area contributed by atoms with E-state index in [0.717, 1.165) is 21.4 Å². The molecule has 0 saturated carbocycles. The van der Waals surface area contributed by atoms with Crippen molar-refractivity contribution in [2.45, 2.75) is 6.54 Å². The summed E-state index contributed by atoms with van der Waals surface area (Å²) in [6.45, 7) is 0.706. The lowest BCUT2D eigenvalue weighted by Gasteiger charge is -2.08. The molecular formula is C14H11BrClN5. The maximum Gasteiger partial charge on any atom is 0.143 e. The summed E-state index contributed by atoms with van der Waals surface area (Å²) in [5.41, 5.74) is 3.05. The Morgan fingerprint density at radius 3 is 2.62 bits per heavy atom. The first-order chi connectivity index (χ1) is 10.2. The van der Waals surface area contributed by atoms with Crippen LogP contribution < -0.4 is 5.32 Å². The predicted molar refractivity (Wildman–Crippen MR) is 85.6 cm³/mol. The average molecular weight is 365 g/mol. The highest BCUT2D eigenvalue weighted by Gasteiger charge is 2.01. The summed E-state index contributed by atoms with van der Waals surface area (Å²) in [5.74, 6) is 0. The molecular weight excluding hydrogens is 354 g/mol. The van der Waals surface area contributed by atoms with E-state index in [1.165, 1.54) is 0 Å². The third kappa shape index (κ3) is 3.40. The van der Waals surface area contributed by atoms with Crippen LogP contribution in [0.15, 0.2) is 53.3 Å². The summed E-state index contributed by atoms with van der Waals surface area (Å²) in [7, 11) is 0. The minimum absolute atomic E-state index is 0.706. The zero-order valence-electron chi connectivity index (χ0n) is 10.9. The smallest absolute Gasteiger partial charge is 0.143 e. The summed E-state index contributed by atoms with van der Waals surface area (Å²) in [6.07, 6.45) is 1.56. The molecule has 7 heteroatoms. The predicted octanol–water partition coefficient (Wildman–Crippen LogP) is 3.69. The molecule has 0 aliphatic rings. The molecule has 0 bridgehead atoms. The normalized spacial score (nSPS) is 10.6. The van der Waals surface area contributed by atoms with E-state index < -0.39 is 0 Å². The van der Waals surface area contributed by atoms with Crippen LogP contribution in [-0.4, -0.2) is 20.2 Å². The van der Waals surface area contributed by atoms with E-state index in [1.54, 1.807) is 11.0 Å². The number of nitrogens with one attached hydrogen (secondary N) is 1. The van der Waals surface area contributed by atoms with Gasteiger partial charge in [-0.25, -0.2) is 4.68 Å². The van der Waals surface area contributed by atoms with E-state index in [2.05, 4.69) is 36.8 Å². The Hall–Kier alpha value is -1.92. The SMILES string of the molecule is Clc1cc(CNc2ccc(-n3cnnn3)cc2)ccc1Br. The minimum Gasteiger partial charge on any atom is -0.381 e. The van der Waals surface area contributed by atoms with Crippen molar-refractivity contribution in [2.24, 2.45) is 0 Å². The molecule has 1 N–H and O–H groups in total. The summed E-state index contributed by atoms with van der Waals surface area (Å²) in [5, 5.41) is 15.1. The molecule has 5 nitrogen and oxygen atoms in total. The number of nitrogens with zero attached hydrogens (tertiary/aromatic N) is 4. The van der Waals surface area contributed by atoms with E-state index in [9.17, 15) is 0 Å². The molecule has 0 unspecified atom stereocenters. The lowest BCUT2D eigenvalue weighted by molar-refractivity contribution is 0.789. The van der Waals surface area contributed by atoms with Crippen molar-refractivity contribution in [2.75, 3.05) is 5.32 Å². The van der Waals surface area contributed by atoms with E-state index in [1.807, 2.05) is 42.5 Å². The first-order valence-corrected chi connectivity index (χ1v) is 7.41. The lowest BCUT2D eigenvalue weighted by Crippen LogP contribution is -2.00. The standard InChI is InChI=1S/C14H11BrClN5/c15-13-6-1-10(7-14(13)16)8-17-11-2-4-12(5-3-11)21-9-18-19-20-21/h1-7,9,17H,8H2. The molecule has 1 heterocycles. The second-order valence-corrected chi connectivity index (χ2v) is 5.66. The van der Waals surface area contributed by atoms with Gasteiger partial charge in [-0.3, -0.25) is 0 Å². The largest absolute Gasteiger partial charge is 0.381 e. The zero-order chi connectivity index (χ0) is 14.7. The highest BCUT2D eigenvalue weighted by Crippen LogP contribution is 2.23. The molecule has 0 aliphatic heterocycles. The van der Waals surface area contributed by atoms with Crippen LogP contribution in [0.2, 0.25) is 5.02 Å². The monoisotopic (exact) mass is 363 g/mol. The number of aromatic nitrogens is 4. The van der Waals surface area contributed by atoms with Gasteiger partial charge in [-0.05, 0) is 68.3 Å². The van der Waals surface area contributed by atoms with Crippen LogP contribution in [0.25, 0.3) is 5.69 Å². The van der Waals surface area contributed by atoms with E-state index >= 15 is 0 Å². The summed E-state index contributed by atoms with van der Waals surface area (Å²) in [6, 6.07) is 13.8. The van der Waals surface area contributed by atoms with Crippen LogP contribution >= 0.6 is 27.5 Å². The quantitative estimate of drug-likeness (QED) is 0.767. The Bertz CT molecular complexity index is 728. The van der Waals surface area contributed by atoms with Crippen molar-refractivity contribution in [1.82, 2.24) is 20.2 Å². The van der Waals surface area contributed by atoms with Gasteiger partial charge in [-0.1, -0.05) is 17.7 Å². The topological polar surface area (TPSA) is 55.6 Å². The van der Waals surface area contributed by atoms with Crippen LogP contribution in [0.5, 0.6) is 0 Å². The van der Waals surface area contributed by atoms with Gasteiger partial charge in [0.2, 0.25) is 0 Å². The zero-order valence-corrected chi connectivity index (χ0v) is 13.2. The molecule has 0 amide bonds. The summed E-state index contributed by atoms with van der Waals surface area (Å²) in [4.78, 5) is 0. The van der Waals surface area contributed by atoms with Gasteiger partial charge >= 0.3 is 0 Å². The molecule has 0 atom stereocenters. The molecule has 3 rings (SSSR count). The van der Waals surface area contributed by atoms with Crippen molar-refractivity contribution in [3.05, 3.63) is 63.9 Å². The van der Waals surface area contributed by atoms with Crippen LogP contribution in [0.4, 0.5) is 5.69 Å². The highest BCUT2D eigenvalue weighted by molar-refractivity contribution is 9.10. The third-order valence-electron chi connectivity index (χ3n) is 2.96. The first-order valence-electron chi connectivity index (χ1n) is 6.23. The van der Waals surface area contributed by atoms with Crippen LogP contribution in [-0.2, 0) is 6.54 Å². The van der Waals surface area contributed by atoms with E-state index in [-0.39, 0.29) is 0 Å². The van der Waals surface area contributed by atoms with Gasteiger partial charge in [0.15, 0.2) is 0 Å². The van der Waals surface area contributed by atoms with Gasteiger partial charge in [0.1, 0.15) is 6.33 Å². The van der Waals surface area contributed by atoms with E-state index in [4.69, 9.17) is 11.6 Å². The summed E-state index contributed by atoms with van der Waals surface area (Å²) >= 11 is 9.46. The maximum atomic E-state index is 6.08. The number of tetrazole rings is 1. The second-order valence-electron chi connectivity index (χ2n) is 4.40. The van der Waals surface area contributed by atoms with Gasteiger partial charge in [0.05, 0.1) is 10.7 Å². The number of hydrogen-bond acceptors (Lipinski definition) is 4. The van der Waals surface area contributed by atoms with Crippen LogP contribution in [0, 0.1) is 0 Å². The van der Waals surface area contributed by atoms with Gasteiger partial charge in [-0.2, -0.15) is 0 Å². The fourth-order valence-electron chi connectivity index (χ4n) is 1.87. The molecule has 2 aromatic carbocycles. The maximum absolute atomic E-state index is 6.08. The van der Waals surface area contributed by atoms with Gasteiger partial charge in [0, 0.05) is 16.7 Å². The number of rotatable bonds is 4. The molecule has 0 saturated heterocycles. The Balaban J connectivity index is 1.66. The molecule has 0 spiro atoms. The average Bonchev–Trinajstić information content (AvgIpc) is 3.03. The van der Waals surface area contributed by atoms with Gasteiger partial charge in [-0.15, -0.1) is 5.10 Å². The fourth-order valence-corrected chi connectivity index (χ4v) is 2.32. The number of halogens is 2. The van der Waals surface area contributed by atoms with E-state index in [0.29, 0.717) is 11.6 Å². The second kappa shape index (κ2) is 6.24. The molecule has 106 valence electrons. The fraction of sp³-hybridized carbons (Fsp3) is 0.0714. The lowest BCUT2D eigenvalue weighted by atomic mass is 10.2. The van der Waals surface area contributed by atoms with Crippen LogP contribution in [0.3, 0.4) is 0 Å². The molecule has 0 radical (unpaired) electrons. The van der Waals surface area contributed by atoms with Gasteiger partial charge in [0.25, 0.3) is 0 Å². The number of hydrogen-bond donors (Lipinski definition) is 1. The molecule has 1 aromatic heterocycles. The van der Waals surface area contributed by atoms with Crippen molar-refractivity contribution in [1.29, 1.82) is 0 Å². The Labute approximate surface area is 135 Å². The molecule has 0 aliphatic carbocycles. The minimum atomic E-state index is 0.706. The van der Waals surface area contributed by atoms with Crippen LogP contribution in [0.1, 0.15) is 5.56 Å². The van der Waals surface area contributed by atoms with Crippen molar-refractivity contribution >= 4 is 33.2 Å². The van der Waals surface area contributed by atoms with Crippen molar-refractivity contribution in [3.63, 3.8) is 0 Å². The summed E-state index contributed by atoms with van der Waals surface area (Å²) < 4.78 is 2.51. The Morgan fingerprint density at radius 2 is 1.95 bits per heavy atom. The molecule has 21 heavy (non-hydrogen) atoms. The Morgan fingerprint density at radius 1 is 1.14 bits per heavy atom.